The van der Waals surface area contributed by atoms with Gasteiger partial charge in [0.2, 0.25) is 0 Å². The molecule has 0 aliphatic heterocycles. The van der Waals surface area contributed by atoms with Gasteiger partial charge in [-0.15, -0.1) is 0 Å². The minimum atomic E-state index is -0.328. The Balaban J connectivity index is 1.97. The number of hydrogen-bond donors (Lipinski definition) is 0. The molecule has 0 aromatic carbocycles. The number of fused-ring (bicyclic) bond motifs is 1. The topological polar surface area (TPSA) is 35.0 Å². The first-order valence-electron chi connectivity index (χ1n) is 8.15. The molecule has 0 N–H and O–H groups in total. The maximum absolute atomic E-state index is 6.41. The molecule has 21 heavy (non-hydrogen) atoms. The molecule has 1 fully saturated rings. The van der Waals surface area contributed by atoms with Crippen LogP contribution in [0, 0.1) is 5.41 Å². The van der Waals surface area contributed by atoms with Crippen LogP contribution in [0.1, 0.15) is 70.0 Å². The van der Waals surface area contributed by atoms with Gasteiger partial charge in [-0.25, -0.2) is 9.97 Å². The van der Waals surface area contributed by atoms with E-state index in [0.29, 0.717) is 17.2 Å². The lowest BCUT2D eigenvalue weighted by Gasteiger charge is -2.42. The molecule has 0 amide bonds. The van der Waals surface area contributed by atoms with Crippen molar-refractivity contribution in [2.45, 2.75) is 71.3 Å². The van der Waals surface area contributed by atoms with Gasteiger partial charge < -0.3 is 4.74 Å². The minimum absolute atomic E-state index is 0.328. The molecule has 2 aliphatic carbocycles. The van der Waals surface area contributed by atoms with Crippen molar-refractivity contribution < 1.29 is 4.74 Å². The lowest BCUT2D eigenvalue weighted by Crippen LogP contribution is -2.39. The second-order valence-electron chi connectivity index (χ2n) is 7.21. The van der Waals surface area contributed by atoms with E-state index in [2.05, 4.69) is 25.8 Å². The molecule has 0 radical (unpaired) electrons. The van der Waals surface area contributed by atoms with E-state index < -0.39 is 0 Å². The summed E-state index contributed by atoms with van der Waals surface area (Å²) in [6, 6.07) is 0. The molecule has 116 valence electrons. The Morgan fingerprint density at radius 3 is 2.48 bits per heavy atom. The third-order valence-electron chi connectivity index (χ3n) is 5.12. The highest BCUT2D eigenvalue weighted by atomic mass is 35.5. The molecule has 3 nitrogen and oxygen atoms in total. The van der Waals surface area contributed by atoms with Gasteiger partial charge in [-0.3, -0.25) is 0 Å². The average molecular weight is 309 g/mol. The maximum atomic E-state index is 6.41. The van der Waals surface area contributed by atoms with Gasteiger partial charge in [0.05, 0.1) is 0 Å². The number of hydrogen-bond acceptors (Lipinski definition) is 3. The molecule has 3 rings (SSSR count). The number of aromatic nitrogens is 2. The normalized spacial score (nSPS) is 23.0. The zero-order chi connectivity index (χ0) is 15.1. The van der Waals surface area contributed by atoms with Crippen LogP contribution in [0.25, 0.3) is 0 Å². The molecule has 1 saturated carbocycles. The summed E-state index contributed by atoms with van der Waals surface area (Å²) in [5, 5.41) is 0.649. The van der Waals surface area contributed by atoms with Crippen molar-refractivity contribution >= 4 is 11.6 Å². The first-order chi connectivity index (χ1) is 9.96. The van der Waals surface area contributed by atoms with E-state index in [4.69, 9.17) is 21.3 Å². The lowest BCUT2D eigenvalue weighted by molar-refractivity contribution is -0.0949. The van der Waals surface area contributed by atoms with Crippen molar-refractivity contribution in [2.24, 2.45) is 5.41 Å². The van der Waals surface area contributed by atoms with Crippen molar-refractivity contribution in [1.29, 1.82) is 0 Å². The fourth-order valence-corrected chi connectivity index (χ4v) is 3.91. The fraction of sp³-hybridized carbons (Fsp3) is 0.765. The number of rotatable bonds is 3. The van der Waals surface area contributed by atoms with Crippen molar-refractivity contribution in [1.82, 2.24) is 9.97 Å². The van der Waals surface area contributed by atoms with Crippen LogP contribution in [0.5, 0.6) is 0 Å². The van der Waals surface area contributed by atoms with E-state index in [1.807, 2.05) is 0 Å². The second kappa shape index (κ2) is 5.51. The van der Waals surface area contributed by atoms with Crippen LogP contribution in [0.2, 0.25) is 5.15 Å². The first kappa shape index (κ1) is 15.2. The zero-order valence-corrected chi connectivity index (χ0v) is 14.1. The summed E-state index contributed by atoms with van der Waals surface area (Å²) < 4.78 is 6.18. The zero-order valence-electron chi connectivity index (χ0n) is 13.3. The van der Waals surface area contributed by atoms with Crippen LogP contribution in [-0.4, -0.2) is 16.6 Å². The average Bonchev–Trinajstić information content (AvgIpc) is 2.91. The third kappa shape index (κ3) is 2.83. The summed E-state index contributed by atoms with van der Waals surface area (Å²) in [4.78, 5) is 9.49. The van der Waals surface area contributed by atoms with Crippen molar-refractivity contribution in [3.8, 4) is 0 Å². The third-order valence-corrected chi connectivity index (χ3v) is 5.43. The molecule has 1 aromatic rings. The minimum Gasteiger partial charge on any atom is -0.367 e. The highest BCUT2D eigenvalue weighted by Crippen LogP contribution is 2.47. The van der Waals surface area contributed by atoms with E-state index >= 15 is 0 Å². The Morgan fingerprint density at radius 1 is 1.10 bits per heavy atom. The van der Waals surface area contributed by atoms with Crippen LogP contribution in [0.3, 0.4) is 0 Å². The first-order valence-corrected chi connectivity index (χ1v) is 8.53. The molecular formula is C17H25ClN2O. The highest BCUT2D eigenvalue weighted by Gasteiger charge is 2.43. The lowest BCUT2D eigenvalue weighted by atomic mass is 9.70. The van der Waals surface area contributed by atoms with Crippen LogP contribution in [-0.2, 0) is 23.2 Å². The number of nitrogens with zero attached hydrogens (tertiary/aromatic N) is 2. The predicted molar refractivity (Wildman–Crippen MR) is 84.6 cm³/mol. The standard InChI is InChI=1S/C17H25ClN2O/c1-4-21-17(10-8-16(2,3)9-11-17)15-19-13-7-5-6-12(13)14(18)20-15/h4-11H2,1-3H3. The predicted octanol–water partition coefficient (Wildman–Crippen LogP) is 4.45. The van der Waals surface area contributed by atoms with Gasteiger partial charge in [-0.2, -0.15) is 0 Å². The van der Waals surface area contributed by atoms with E-state index in [-0.39, 0.29) is 5.60 Å². The monoisotopic (exact) mass is 308 g/mol. The second-order valence-corrected chi connectivity index (χ2v) is 7.57. The molecule has 0 unspecified atom stereocenters. The molecule has 0 atom stereocenters. The summed E-state index contributed by atoms with van der Waals surface area (Å²) in [6.07, 6.45) is 7.45. The molecule has 1 aromatic heterocycles. The molecule has 0 saturated heterocycles. The smallest absolute Gasteiger partial charge is 0.162 e. The highest BCUT2D eigenvalue weighted by molar-refractivity contribution is 6.30. The van der Waals surface area contributed by atoms with Gasteiger partial charge in [0.25, 0.3) is 0 Å². The van der Waals surface area contributed by atoms with E-state index in [1.54, 1.807) is 0 Å². The molecule has 0 spiro atoms. The van der Waals surface area contributed by atoms with Gasteiger partial charge in [-0.05, 0) is 57.3 Å². The molecular weight excluding hydrogens is 284 g/mol. The Morgan fingerprint density at radius 2 is 1.81 bits per heavy atom. The van der Waals surface area contributed by atoms with Gasteiger partial charge in [0.15, 0.2) is 5.82 Å². The Kier molecular flexibility index (Phi) is 4.00. The van der Waals surface area contributed by atoms with E-state index in [9.17, 15) is 0 Å². The number of halogens is 1. The summed E-state index contributed by atoms with van der Waals surface area (Å²) >= 11 is 6.41. The van der Waals surface area contributed by atoms with Crippen LogP contribution >= 0.6 is 11.6 Å². The molecule has 0 bridgehead atoms. The summed E-state index contributed by atoms with van der Waals surface area (Å²) in [5.41, 5.74) is 2.37. The Labute approximate surface area is 132 Å². The summed E-state index contributed by atoms with van der Waals surface area (Å²) in [6.45, 7) is 7.41. The van der Waals surface area contributed by atoms with E-state index in [0.717, 1.165) is 62.0 Å². The largest absolute Gasteiger partial charge is 0.367 e. The number of ether oxygens (including phenoxy) is 1. The number of aryl methyl sites for hydroxylation is 1. The quantitative estimate of drug-likeness (QED) is 0.774. The Bertz CT molecular complexity index is 532. The van der Waals surface area contributed by atoms with Crippen molar-refractivity contribution in [3.05, 3.63) is 22.2 Å². The summed E-state index contributed by atoms with van der Waals surface area (Å²) in [7, 11) is 0. The van der Waals surface area contributed by atoms with Crippen LogP contribution < -0.4 is 0 Å². The molecule has 2 aliphatic rings. The maximum Gasteiger partial charge on any atom is 0.162 e. The Hall–Kier alpha value is -0.670. The van der Waals surface area contributed by atoms with E-state index in [1.165, 1.54) is 0 Å². The van der Waals surface area contributed by atoms with Crippen molar-refractivity contribution in [3.63, 3.8) is 0 Å². The van der Waals surface area contributed by atoms with Gasteiger partial charge >= 0.3 is 0 Å². The fourth-order valence-electron chi connectivity index (χ4n) is 3.63. The van der Waals surface area contributed by atoms with Gasteiger partial charge in [0, 0.05) is 17.9 Å². The molecule has 4 heteroatoms. The van der Waals surface area contributed by atoms with Crippen LogP contribution in [0.15, 0.2) is 0 Å². The van der Waals surface area contributed by atoms with Crippen molar-refractivity contribution in [2.75, 3.05) is 6.61 Å². The van der Waals surface area contributed by atoms with Gasteiger partial charge in [-0.1, -0.05) is 25.4 Å². The van der Waals surface area contributed by atoms with Crippen LogP contribution in [0.4, 0.5) is 0 Å². The van der Waals surface area contributed by atoms with Gasteiger partial charge in [0.1, 0.15) is 10.8 Å². The SMILES string of the molecule is CCOC1(c2nc(Cl)c3c(n2)CCC3)CCC(C)(C)CC1. The summed E-state index contributed by atoms with van der Waals surface area (Å²) in [5.74, 6) is 0.825. The molecule has 1 heterocycles.